The molecule has 0 bridgehead atoms. The minimum Gasteiger partial charge on any atom is -0.348 e. The van der Waals surface area contributed by atoms with Crippen LogP contribution >= 0.6 is 0 Å². The Kier molecular flexibility index (Phi) is 5.70. The lowest BCUT2D eigenvalue weighted by Crippen LogP contribution is -2.35. The number of carbonyl (C=O) groups is 1. The van der Waals surface area contributed by atoms with E-state index in [4.69, 9.17) is 0 Å². The Hall–Kier alpha value is -1.35. The summed E-state index contributed by atoms with van der Waals surface area (Å²) in [7, 11) is 0. The molecule has 1 aromatic rings. The van der Waals surface area contributed by atoms with Crippen LogP contribution in [0.3, 0.4) is 0 Å². The Morgan fingerprint density at radius 1 is 1.35 bits per heavy atom. The van der Waals surface area contributed by atoms with E-state index in [0.717, 1.165) is 13.0 Å². The van der Waals surface area contributed by atoms with Crippen LogP contribution in [-0.2, 0) is 4.79 Å². The highest BCUT2D eigenvalue weighted by Gasteiger charge is 2.10. The summed E-state index contributed by atoms with van der Waals surface area (Å²) in [5.41, 5.74) is 2.39. The molecule has 3 nitrogen and oxygen atoms in total. The molecule has 0 aliphatic carbocycles. The van der Waals surface area contributed by atoms with E-state index in [9.17, 15) is 4.79 Å². The highest BCUT2D eigenvalue weighted by atomic mass is 16.1. The molecule has 17 heavy (non-hydrogen) atoms. The van der Waals surface area contributed by atoms with Crippen LogP contribution in [0, 0.1) is 6.92 Å². The molecule has 94 valence electrons. The molecule has 0 spiro atoms. The van der Waals surface area contributed by atoms with Gasteiger partial charge in [0.2, 0.25) is 5.91 Å². The fraction of sp³-hybridized carbons (Fsp3) is 0.500. The molecule has 3 heteroatoms. The lowest BCUT2D eigenvalue weighted by molar-refractivity contribution is -0.120. The van der Waals surface area contributed by atoms with E-state index in [0.29, 0.717) is 6.54 Å². The van der Waals surface area contributed by atoms with Crippen LogP contribution in [0.4, 0.5) is 0 Å². The molecular formula is C14H22N2O. The molecule has 1 unspecified atom stereocenters. The van der Waals surface area contributed by atoms with Gasteiger partial charge in [0.15, 0.2) is 0 Å². The van der Waals surface area contributed by atoms with Gasteiger partial charge in [-0.2, -0.15) is 0 Å². The first kappa shape index (κ1) is 13.7. The largest absolute Gasteiger partial charge is 0.348 e. The predicted molar refractivity (Wildman–Crippen MR) is 70.9 cm³/mol. The van der Waals surface area contributed by atoms with Crippen molar-refractivity contribution >= 4 is 5.91 Å². The summed E-state index contributed by atoms with van der Waals surface area (Å²) in [5.74, 6) is 0.0502. The quantitative estimate of drug-likeness (QED) is 0.741. The van der Waals surface area contributed by atoms with Gasteiger partial charge < -0.3 is 10.6 Å². The van der Waals surface area contributed by atoms with Crippen LogP contribution in [0.25, 0.3) is 0 Å². The van der Waals surface area contributed by atoms with E-state index in [1.165, 1.54) is 11.1 Å². The van der Waals surface area contributed by atoms with Gasteiger partial charge in [-0.05, 0) is 37.9 Å². The highest BCUT2D eigenvalue weighted by Crippen LogP contribution is 2.16. The van der Waals surface area contributed by atoms with Gasteiger partial charge in [0.1, 0.15) is 0 Å². The van der Waals surface area contributed by atoms with Gasteiger partial charge in [-0.15, -0.1) is 0 Å². The van der Waals surface area contributed by atoms with Gasteiger partial charge in [0.05, 0.1) is 12.6 Å². The van der Waals surface area contributed by atoms with Crippen LogP contribution in [-0.4, -0.2) is 19.0 Å². The second-order valence-electron chi connectivity index (χ2n) is 4.32. The van der Waals surface area contributed by atoms with Crippen LogP contribution in [0.2, 0.25) is 0 Å². The van der Waals surface area contributed by atoms with E-state index in [-0.39, 0.29) is 11.9 Å². The van der Waals surface area contributed by atoms with Crippen molar-refractivity contribution in [2.45, 2.75) is 33.2 Å². The van der Waals surface area contributed by atoms with E-state index >= 15 is 0 Å². The van der Waals surface area contributed by atoms with Crippen LogP contribution in [0.1, 0.15) is 37.4 Å². The van der Waals surface area contributed by atoms with E-state index in [1.807, 2.05) is 19.1 Å². The Morgan fingerprint density at radius 3 is 2.71 bits per heavy atom. The number of aryl methyl sites for hydroxylation is 1. The molecule has 1 aromatic carbocycles. The first-order chi connectivity index (χ1) is 8.15. The third-order valence-corrected chi connectivity index (χ3v) is 2.74. The first-order valence-corrected chi connectivity index (χ1v) is 6.20. The van der Waals surface area contributed by atoms with Crippen LogP contribution in [0.5, 0.6) is 0 Å². The van der Waals surface area contributed by atoms with Gasteiger partial charge in [-0.3, -0.25) is 4.79 Å². The third kappa shape index (κ3) is 4.57. The Morgan fingerprint density at radius 2 is 2.06 bits per heavy atom. The van der Waals surface area contributed by atoms with Gasteiger partial charge in [-0.25, -0.2) is 0 Å². The van der Waals surface area contributed by atoms with Crippen molar-refractivity contribution in [2.24, 2.45) is 0 Å². The number of carbonyl (C=O) groups excluding carboxylic acids is 1. The number of hydrogen-bond acceptors (Lipinski definition) is 2. The van der Waals surface area contributed by atoms with Gasteiger partial charge in [-0.1, -0.05) is 31.2 Å². The summed E-state index contributed by atoms with van der Waals surface area (Å²) in [5, 5.41) is 6.09. The second kappa shape index (κ2) is 7.07. The topological polar surface area (TPSA) is 41.1 Å². The fourth-order valence-electron chi connectivity index (χ4n) is 1.82. The maximum absolute atomic E-state index is 11.6. The van der Waals surface area contributed by atoms with Crippen molar-refractivity contribution in [2.75, 3.05) is 13.1 Å². The lowest BCUT2D eigenvalue weighted by atomic mass is 10.0. The summed E-state index contributed by atoms with van der Waals surface area (Å²) in [4.78, 5) is 11.6. The second-order valence-corrected chi connectivity index (χ2v) is 4.32. The van der Waals surface area contributed by atoms with Crippen molar-refractivity contribution in [1.82, 2.24) is 10.6 Å². The normalized spacial score (nSPS) is 12.2. The monoisotopic (exact) mass is 234 g/mol. The minimum atomic E-state index is 0.0502. The molecule has 1 rings (SSSR count). The molecule has 0 radical (unpaired) electrons. The van der Waals surface area contributed by atoms with Crippen molar-refractivity contribution in [3.63, 3.8) is 0 Å². The Labute approximate surface area is 104 Å². The average molecular weight is 234 g/mol. The van der Waals surface area contributed by atoms with Gasteiger partial charge in [0.25, 0.3) is 0 Å². The summed E-state index contributed by atoms with van der Waals surface area (Å²) in [6.07, 6.45) is 1.04. The SMILES string of the molecule is CCCNCC(=O)NC(C)c1ccccc1C. The Bertz CT molecular complexity index is 363. The van der Waals surface area contributed by atoms with Crippen molar-refractivity contribution in [3.05, 3.63) is 35.4 Å². The standard InChI is InChI=1S/C14H22N2O/c1-4-9-15-10-14(17)16-12(3)13-8-6-5-7-11(13)2/h5-8,12,15H,4,9-10H2,1-3H3,(H,16,17). The van der Waals surface area contributed by atoms with Crippen molar-refractivity contribution < 1.29 is 4.79 Å². The van der Waals surface area contributed by atoms with E-state index in [1.54, 1.807) is 0 Å². The van der Waals surface area contributed by atoms with Crippen LogP contribution in [0.15, 0.2) is 24.3 Å². The van der Waals surface area contributed by atoms with Crippen LogP contribution < -0.4 is 10.6 Å². The fourth-order valence-corrected chi connectivity index (χ4v) is 1.82. The zero-order chi connectivity index (χ0) is 12.7. The van der Waals surface area contributed by atoms with Gasteiger partial charge in [0, 0.05) is 0 Å². The molecule has 0 fully saturated rings. The molecule has 2 N–H and O–H groups in total. The predicted octanol–water partition coefficient (Wildman–Crippen LogP) is 2.17. The molecule has 0 aliphatic rings. The average Bonchev–Trinajstić information content (AvgIpc) is 2.29. The maximum atomic E-state index is 11.6. The van der Waals surface area contributed by atoms with Crippen molar-refractivity contribution in [3.8, 4) is 0 Å². The minimum absolute atomic E-state index is 0.0502. The number of rotatable bonds is 6. The number of benzene rings is 1. The zero-order valence-electron chi connectivity index (χ0n) is 10.9. The molecule has 0 saturated heterocycles. The number of amides is 1. The molecule has 0 aromatic heterocycles. The Balaban J connectivity index is 2.46. The first-order valence-electron chi connectivity index (χ1n) is 6.20. The molecule has 0 heterocycles. The molecular weight excluding hydrogens is 212 g/mol. The van der Waals surface area contributed by atoms with E-state index in [2.05, 4.69) is 36.6 Å². The molecule has 0 saturated carbocycles. The third-order valence-electron chi connectivity index (χ3n) is 2.74. The summed E-state index contributed by atoms with van der Waals surface area (Å²) >= 11 is 0. The smallest absolute Gasteiger partial charge is 0.234 e. The van der Waals surface area contributed by atoms with Crippen molar-refractivity contribution in [1.29, 1.82) is 0 Å². The molecule has 1 atom stereocenters. The number of hydrogen-bond donors (Lipinski definition) is 2. The highest BCUT2D eigenvalue weighted by molar-refractivity contribution is 5.78. The summed E-state index contributed by atoms with van der Waals surface area (Å²) < 4.78 is 0. The van der Waals surface area contributed by atoms with Gasteiger partial charge >= 0.3 is 0 Å². The zero-order valence-corrected chi connectivity index (χ0v) is 10.9. The summed E-state index contributed by atoms with van der Waals surface area (Å²) in [6, 6.07) is 8.19. The summed E-state index contributed by atoms with van der Waals surface area (Å²) in [6.45, 7) is 7.43. The maximum Gasteiger partial charge on any atom is 0.234 e. The van der Waals surface area contributed by atoms with E-state index < -0.39 is 0 Å². The lowest BCUT2D eigenvalue weighted by Gasteiger charge is -2.16. The molecule has 1 amide bonds. The molecule has 0 aliphatic heterocycles. The number of nitrogens with one attached hydrogen (secondary N) is 2.